The van der Waals surface area contributed by atoms with Crippen molar-refractivity contribution in [2.45, 2.75) is 38.8 Å². The van der Waals surface area contributed by atoms with E-state index in [9.17, 15) is 4.79 Å². The molecule has 3 unspecified atom stereocenters. The van der Waals surface area contributed by atoms with Crippen molar-refractivity contribution in [1.82, 2.24) is 4.90 Å². The van der Waals surface area contributed by atoms with E-state index in [1.807, 2.05) is 18.2 Å². The van der Waals surface area contributed by atoms with E-state index >= 15 is 0 Å². The SMILES string of the molecule is CC(=O)CC(C)N1CC1Cc1c(Cl)cccc1Cl. The average Bonchev–Trinajstić information content (AvgIpc) is 3.02. The molecule has 0 saturated carbocycles. The summed E-state index contributed by atoms with van der Waals surface area (Å²) in [6.45, 7) is 4.76. The normalized spacial score (nSPS) is 23.8. The molecule has 0 aromatic heterocycles. The molecule has 1 fully saturated rings. The third-order valence-corrected chi connectivity index (χ3v) is 4.12. The monoisotopic (exact) mass is 285 g/mol. The lowest BCUT2D eigenvalue weighted by molar-refractivity contribution is -0.117. The van der Waals surface area contributed by atoms with Crippen LogP contribution in [0.3, 0.4) is 0 Å². The van der Waals surface area contributed by atoms with Crippen LogP contribution in [0.1, 0.15) is 25.8 Å². The molecule has 1 aliphatic heterocycles. The van der Waals surface area contributed by atoms with Crippen molar-refractivity contribution in [1.29, 1.82) is 0 Å². The van der Waals surface area contributed by atoms with E-state index in [1.54, 1.807) is 6.92 Å². The van der Waals surface area contributed by atoms with Crippen LogP contribution in [0, 0.1) is 0 Å². The summed E-state index contributed by atoms with van der Waals surface area (Å²) in [5.74, 6) is 0.240. The van der Waals surface area contributed by atoms with Gasteiger partial charge in [0, 0.05) is 35.1 Å². The molecular weight excluding hydrogens is 269 g/mol. The molecule has 1 heterocycles. The lowest BCUT2D eigenvalue weighted by Gasteiger charge is -2.13. The Morgan fingerprint density at radius 3 is 2.61 bits per heavy atom. The second-order valence-electron chi connectivity index (χ2n) is 5.01. The fourth-order valence-corrected chi connectivity index (χ4v) is 2.97. The molecule has 1 aromatic rings. The molecule has 0 aliphatic carbocycles. The van der Waals surface area contributed by atoms with Crippen LogP contribution in [0.5, 0.6) is 0 Å². The van der Waals surface area contributed by atoms with Crippen LogP contribution in [-0.4, -0.2) is 29.3 Å². The van der Waals surface area contributed by atoms with Crippen LogP contribution in [0.25, 0.3) is 0 Å². The van der Waals surface area contributed by atoms with Gasteiger partial charge in [-0.15, -0.1) is 0 Å². The summed E-state index contributed by atoms with van der Waals surface area (Å²) in [5, 5.41) is 1.46. The fourth-order valence-electron chi connectivity index (χ4n) is 2.41. The third kappa shape index (κ3) is 3.25. The Bertz CT molecular complexity index is 441. The molecule has 3 atom stereocenters. The number of benzene rings is 1. The van der Waals surface area contributed by atoms with Gasteiger partial charge < -0.3 is 0 Å². The van der Waals surface area contributed by atoms with Gasteiger partial charge in [0.2, 0.25) is 0 Å². The zero-order chi connectivity index (χ0) is 13.3. The van der Waals surface area contributed by atoms with Crippen LogP contribution in [0.2, 0.25) is 10.0 Å². The molecule has 1 aliphatic rings. The summed E-state index contributed by atoms with van der Waals surface area (Å²) in [7, 11) is 0. The minimum Gasteiger partial charge on any atom is -0.300 e. The van der Waals surface area contributed by atoms with E-state index < -0.39 is 0 Å². The molecule has 2 rings (SSSR count). The Morgan fingerprint density at radius 1 is 1.44 bits per heavy atom. The summed E-state index contributed by atoms with van der Waals surface area (Å²) < 4.78 is 0. The predicted octanol–water partition coefficient (Wildman–Crippen LogP) is 3.59. The molecule has 2 nitrogen and oxygen atoms in total. The van der Waals surface area contributed by atoms with Crippen molar-refractivity contribution in [3.8, 4) is 0 Å². The van der Waals surface area contributed by atoms with Gasteiger partial charge in [-0.25, -0.2) is 0 Å². The maximum atomic E-state index is 11.1. The van der Waals surface area contributed by atoms with Crippen molar-refractivity contribution in [3.63, 3.8) is 0 Å². The fraction of sp³-hybridized carbons (Fsp3) is 0.500. The number of ketones is 1. The molecule has 4 heteroatoms. The Kier molecular flexibility index (Phi) is 4.31. The quantitative estimate of drug-likeness (QED) is 0.771. The molecular formula is C14H17Cl2NO. The summed E-state index contributed by atoms with van der Waals surface area (Å²) in [6.07, 6.45) is 1.48. The predicted molar refractivity (Wildman–Crippen MR) is 75.4 cm³/mol. The Morgan fingerprint density at radius 2 is 2.06 bits per heavy atom. The lowest BCUT2D eigenvalue weighted by atomic mass is 10.1. The van der Waals surface area contributed by atoms with Gasteiger partial charge in [0.25, 0.3) is 0 Å². The number of Topliss-reactive ketones (excluding diaryl/α,β-unsaturated/α-hetero) is 1. The molecule has 0 bridgehead atoms. The lowest BCUT2D eigenvalue weighted by Crippen LogP contribution is -2.20. The van der Waals surface area contributed by atoms with Gasteiger partial charge in [-0.05, 0) is 38.0 Å². The average molecular weight is 286 g/mol. The largest absolute Gasteiger partial charge is 0.300 e. The van der Waals surface area contributed by atoms with Gasteiger partial charge >= 0.3 is 0 Å². The first-order valence-electron chi connectivity index (χ1n) is 6.17. The van der Waals surface area contributed by atoms with Crippen molar-refractivity contribution in [2.75, 3.05) is 6.54 Å². The first kappa shape index (κ1) is 13.9. The van der Waals surface area contributed by atoms with Crippen LogP contribution < -0.4 is 0 Å². The summed E-state index contributed by atoms with van der Waals surface area (Å²) in [6, 6.07) is 6.38. The van der Waals surface area contributed by atoms with Gasteiger partial charge in [0.15, 0.2) is 0 Å². The molecule has 1 aromatic carbocycles. The highest BCUT2D eigenvalue weighted by molar-refractivity contribution is 6.36. The topological polar surface area (TPSA) is 20.1 Å². The Hall–Kier alpha value is -0.570. The molecule has 98 valence electrons. The highest BCUT2D eigenvalue weighted by atomic mass is 35.5. The van der Waals surface area contributed by atoms with E-state index in [1.165, 1.54) is 0 Å². The van der Waals surface area contributed by atoms with Gasteiger partial charge in [-0.1, -0.05) is 29.3 Å². The van der Waals surface area contributed by atoms with Crippen molar-refractivity contribution in [2.24, 2.45) is 0 Å². The standard InChI is InChI=1S/C14H17Cl2NO/c1-9(6-10(2)18)17-8-11(17)7-12-13(15)4-3-5-14(12)16/h3-5,9,11H,6-8H2,1-2H3. The maximum absolute atomic E-state index is 11.1. The summed E-state index contributed by atoms with van der Waals surface area (Å²) >= 11 is 12.3. The molecule has 0 amide bonds. The van der Waals surface area contributed by atoms with E-state index in [-0.39, 0.29) is 5.78 Å². The molecule has 0 spiro atoms. The zero-order valence-corrected chi connectivity index (χ0v) is 12.1. The smallest absolute Gasteiger partial charge is 0.131 e. The first-order valence-corrected chi connectivity index (χ1v) is 6.92. The van der Waals surface area contributed by atoms with Crippen LogP contribution >= 0.6 is 23.2 Å². The molecule has 18 heavy (non-hydrogen) atoms. The van der Waals surface area contributed by atoms with Crippen LogP contribution in [0.15, 0.2) is 18.2 Å². The van der Waals surface area contributed by atoms with Gasteiger partial charge in [-0.3, -0.25) is 9.69 Å². The number of carbonyl (C=O) groups excluding carboxylic acids is 1. The summed E-state index contributed by atoms with van der Waals surface area (Å²) in [5.41, 5.74) is 1.02. The first-order chi connectivity index (χ1) is 8.49. The number of carbonyl (C=O) groups is 1. The highest BCUT2D eigenvalue weighted by Gasteiger charge is 2.38. The number of hydrogen-bond acceptors (Lipinski definition) is 2. The molecule has 0 radical (unpaired) electrons. The van der Waals surface area contributed by atoms with Crippen LogP contribution in [0.4, 0.5) is 0 Å². The number of halogens is 2. The highest BCUT2D eigenvalue weighted by Crippen LogP contribution is 2.32. The third-order valence-electron chi connectivity index (χ3n) is 3.41. The second-order valence-corrected chi connectivity index (χ2v) is 5.82. The van der Waals surface area contributed by atoms with Crippen molar-refractivity contribution >= 4 is 29.0 Å². The second kappa shape index (κ2) is 5.60. The van der Waals surface area contributed by atoms with Crippen molar-refractivity contribution in [3.05, 3.63) is 33.8 Å². The minimum atomic E-state index is 0.240. The number of hydrogen-bond donors (Lipinski definition) is 0. The zero-order valence-electron chi connectivity index (χ0n) is 10.6. The number of rotatable bonds is 5. The van der Waals surface area contributed by atoms with E-state index in [0.29, 0.717) is 18.5 Å². The molecule has 0 N–H and O–H groups in total. The Labute approximate surface area is 118 Å². The summed E-state index contributed by atoms with van der Waals surface area (Å²) in [4.78, 5) is 13.4. The molecule has 1 saturated heterocycles. The van der Waals surface area contributed by atoms with E-state index in [2.05, 4.69) is 11.8 Å². The van der Waals surface area contributed by atoms with Crippen molar-refractivity contribution < 1.29 is 4.79 Å². The minimum absolute atomic E-state index is 0.240. The van der Waals surface area contributed by atoms with Crippen LogP contribution in [-0.2, 0) is 11.2 Å². The van der Waals surface area contributed by atoms with Gasteiger partial charge in [-0.2, -0.15) is 0 Å². The van der Waals surface area contributed by atoms with E-state index in [4.69, 9.17) is 23.2 Å². The van der Waals surface area contributed by atoms with Gasteiger partial charge in [0.1, 0.15) is 5.78 Å². The van der Waals surface area contributed by atoms with E-state index in [0.717, 1.165) is 28.6 Å². The number of nitrogens with zero attached hydrogens (tertiary/aromatic N) is 1. The Balaban J connectivity index is 1.95. The maximum Gasteiger partial charge on any atom is 0.131 e. The van der Waals surface area contributed by atoms with Gasteiger partial charge in [0.05, 0.1) is 0 Å².